The largest absolute Gasteiger partial charge is 0.391 e. The van der Waals surface area contributed by atoms with E-state index >= 15 is 0 Å². The molecule has 18 heavy (non-hydrogen) atoms. The minimum atomic E-state index is -0.491. The molecule has 0 spiro atoms. The Balaban J connectivity index is 1.79. The maximum absolute atomic E-state index is 10.1. The molecule has 1 heterocycles. The minimum absolute atomic E-state index is 0.205. The summed E-state index contributed by atoms with van der Waals surface area (Å²) in [6.45, 7) is 4.08. The van der Waals surface area contributed by atoms with Crippen molar-refractivity contribution in [2.24, 2.45) is 5.73 Å². The van der Waals surface area contributed by atoms with Gasteiger partial charge in [0.25, 0.3) is 0 Å². The van der Waals surface area contributed by atoms with Crippen molar-refractivity contribution in [3.05, 3.63) is 35.9 Å². The second-order valence-electron chi connectivity index (χ2n) is 4.83. The molecular weight excluding hydrogens is 228 g/mol. The quantitative estimate of drug-likeness (QED) is 0.786. The van der Waals surface area contributed by atoms with Crippen molar-refractivity contribution in [3.8, 4) is 0 Å². The lowest BCUT2D eigenvalue weighted by atomic mass is 10.0. The Morgan fingerprint density at radius 2 is 1.89 bits per heavy atom. The van der Waals surface area contributed by atoms with Gasteiger partial charge in [-0.25, -0.2) is 0 Å². The number of rotatable bonds is 5. The summed E-state index contributed by atoms with van der Waals surface area (Å²) in [6, 6.07) is 9.77. The number of aliphatic hydroxyl groups excluding tert-OH is 1. The Hall–Kier alpha value is -0.940. The highest BCUT2D eigenvalue weighted by Gasteiger charge is 2.20. The van der Waals surface area contributed by atoms with E-state index in [0.717, 1.165) is 38.4 Å². The number of ether oxygens (including phenoxy) is 1. The van der Waals surface area contributed by atoms with E-state index in [4.69, 9.17) is 10.5 Å². The average Bonchev–Trinajstić information content (AvgIpc) is 2.41. The smallest absolute Gasteiger partial charge is 0.0743 e. The summed E-state index contributed by atoms with van der Waals surface area (Å²) in [6.07, 6.45) is 0.127. The van der Waals surface area contributed by atoms with Gasteiger partial charge in [-0.3, -0.25) is 4.90 Å². The number of nitrogens with zero attached hydrogens (tertiary/aromatic N) is 1. The Bertz CT molecular complexity index is 339. The standard InChI is InChI=1S/C14H22N2O2/c15-13(11-16-6-8-18-9-7-16)14(17)10-12-4-2-1-3-5-12/h1-5,13-14,17H,6-11,15H2/t13-,14-/m1/s1. The lowest BCUT2D eigenvalue weighted by molar-refractivity contribution is 0.0251. The second-order valence-corrected chi connectivity index (χ2v) is 4.83. The van der Waals surface area contributed by atoms with Gasteiger partial charge in [0.15, 0.2) is 0 Å². The third-order valence-electron chi connectivity index (χ3n) is 3.35. The van der Waals surface area contributed by atoms with E-state index in [2.05, 4.69) is 4.90 Å². The lowest BCUT2D eigenvalue weighted by Crippen LogP contribution is -2.49. The number of hydrogen-bond donors (Lipinski definition) is 2. The zero-order valence-corrected chi connectivity index (χ0v) is 10.7. The summed E-state index contributed by atoms with van der Waals surface area (Å²) in [4.78, 5) is 2.25. The maximum atomic E-state index is 10.1. The molecule has 0 aromatic heterocycles. The van der Waals surface area contributed by atoms with Gasteiger partial charge in [-0.05, 0) is 12.0 Å². The molecular formula is C14H22N2O2. The molecule has 1 aliphatic heterocycles. The van der Waals surface area contributed by atoms with Crippen LogP contribution in [0.2, 0.25) is 0 Å². The van der Waals surface area contributed by atoms with Crippen molar-refractivity contribution in [2.75, 3.05) is 32.8 Å². The van der Waals surface area contributed by atoms with Crippen molar-refractivity contribution in [2.45, 2.75) is 18.6 Å². The molecule has 1 aromatic rings. The maximum Gasteiger partial charge on any atom is 0.0743 e. The van der Waals surface area contributed by atoms with Crippen LogP contribution in [0.25, 0.3) is 0 Å². The van der Waals surface area contributed by atoms with Gasteiger partial charge in [-0.15, -0.1) is 0 Å². The first-order valence-corrected chi connectivity index (χ1v) is 6.53. The van der Waals surface area contributed by atoms with Crippen LogP contribution < -0.4 is 5.73 Å². The first kappa shape index (κ1) is 13.5. The van der Waals surface area contributed by atoms with Gasteiger partial charge in [0.05, 0.1) is 19.3 Å². The van der Waals surface area contributed by atoms with Crippen LogP contribution in [0.5, 0.6) is 0 Å². The van der Waals surface area contributed by atoms with E-state index in [0.29, 0.717) is 6.42 Å². The SMILES string of the molecule is N[C@H](CN1CCOCC1)[C@H](O)Cc1ccccc1. The molecule has 0 unspecified atom stereocenters. The summed E-state index contributed by atoms with van der Waals surface area (Å²) in [5.41, 5.74) is 7.19. The van der Waals surface area contributed by atoms with Gasteiger partial charge in [0.2, 0.25) is 0 Å². The van der Waals surface area contributed by atoms with Gasteiger partial charge in [-0.1, -0.05) is 30.3 Å². The third kappa shape index (κ3) is 4.07. The fourth-order valence-electron chi connectivity index (χ4n) is 2.21. The molecule has 0 bridgehead atoms. The molecule has 4 nitrogen and oxygen atoms in total. The summed E-state index contributed by atoms with van der Waals surface area (Å²) >= 11 is 0. The van der Waals surface area contributed by atoms with Crippen molar-refractivity contribution < 1.29 is 9.84 Å². The minimum Gasteiger partial charge on any atom is -0.391 e. The van der Waals surface area contributed by atoms with Crippen LogP contribution in [0.3, 0.4) is 0 Å². The molecule has 0 aliphatic carbocycles. The molecule has 0 saturated carbocycles. The molecule has 4 heteroatoms. The summed E-state index contributed by atoms with van der Waals surface area (Å²) in [5, 5.41) is 10.1. The number of benzene rings is 1. The summed E-state index contributed by atoms with van der Waals surface area (Å²) in [7, 11) is 0. The van der Waals surface area contributed by atoms with Crippen molar-refractivity contribution in [1.29, 1.82) is 0 Å². The monoisotopic (exact) mass is 250 g/mol. The highest BCUT2D eigenvalue weighted by molar-refractivity contribution is 5.15. The molecule has 2 rings (SSSR count). The number of nitrogens with two attached hydrogens (primary N) is 1. The summed E-state index contributed by atoms with van der Waals surface area (Å²) < 4.78 is 5.29. The Labute approximate surface area is 108 Å². The van der Waals surface area contributed by atoms with Crippen molar-refractivity contribution >= 4 is 0 Å². The summed E-state index contributed by atoms with van der Waals surface area (Å²) in [5.74, 6) is 0. The van der Waals surface area contributed by atoms with Gasteiger partial charge >= 0.3 is 0 Å². The fraction of sp³-hybridized carbons (Fsp3) is 0.571. The molecule has 1 aliphatic rings. The second kappa shape index (κ2) is 6.85. The predicted molar refractivity (Wildman–Crippen MR) is 71.4 cm³/mol. The molecule has 1 saturated heterocycles. The topological polar surface area (TPSA) is 58.7 Å². The third-order valence-corrected chi connectivity index (χ3v) is 3.35. The zero-order valence-electron chi connectivity index (χ0n) is 10.7. The number of aliphatic hydroxyl groups is 1. The van der Waals surface area contributed by atoms with E-state index in [9.17, 15) is 5.11 Å². The van der Waals surface area contributed by atoms with Gasteiger partial charge < -0.3 is 15.6 Å². The van der Waals surface area contributed by atoms with E-state index in [1.807, 2.05) is 30.3 Å². The van der Waals surface area contributed by atoms with Crippen LogP contribution in [-0.2, 0) is 11.2 Å². The average molecular weight is 250 g/mol. The van der Waals surface area contributed by atoms with Crippen LogP contribution in [0.4, 0.5) is 0 Å². The molecule has 1 fully saturated rings. The Kier molecular flexibility index (Phi) is 5.13. The van der Waals surface area contributed by atoms with Crippen molar-refractivity contribution in [1.82, 2.24) is 4.90 Å². The normalized spacial score (nSPS) is 20.6. The molecule has 100 valence electrons. The highest BCUT2D eigenvalue weighted by Crippen LogP contribution is 2.07. The van der Waals surface area contributed by atoms with E-state index in [1.54, 1.807) is 0 Å². The Morgan fingerprint density at radius 1 is 1.22 bits per heavy atom. The lowest BCUT2D eigenvalue weighted by Gasteiger charge is -2.30. The van der Waals surface area contributed by atoms with Crippen molar-refractivity contribution in [3.63, 3.8) is 0 Å². The molecule has 2 atom stereocenters. The van der Waals surface area contributed by atoms with E-state index in [1.165, 1.54) is 0 Å². The van der Waals surface area contributed by atoms with Gasteiger partial charge in [0.1, 0.15) is 0 Å². The first-order chi connectivity index (χ1) is 8.75. The number of hydrogen-bond acceptors (Lipinski definition) is 4. The molecule has 1 aromatic carbocycles. The first-order valence-electron chi connectivity index (χ1n) is 6.53. The van der Waals surface area contributed by atoms with E-state index in [-0.39, 0.29) is 6.04 Å². The van der Waals surface area contributed by atoms with Gasteiger partial charge in [0, 0.05) is 25.7 Å². The van der Waals surface area contributed by atoms with E-state index < -0.39 is 6.10 Å². The van der Waals surface area contributed by atoms with Crippen LogP contribution in [0.15, 0.2) is 30.3 Å². The molecule has 0 radical (unpaired) electrons. The molecule has 3 N–H and O–H groups in total. The van der Waals surface area contributed by atoms with Gasteiger partial charge in [-0.2, -0.15) is 0 Å². The predicted octanol–water partition coefficient (Wildman–Crippen LogP) is 0.250. The Morgan fingerprint density at radius 3 is 2.56 bits per heavy atom. The van der Waals surface area contributed by atoms with Crippen LogP contribution in [0, 0.1) is 0 Å². The highest BCUT2D eigenvalue weighted by atomic mass is 16.5. The number of morpholine rings is 1. The zero-order chi connectivity index (χ0) is 12.8. The molecule has 0 amide bonds. The van der Waals surface area contributed by atoms with Crippen LogP contribution >= 0.6 is 0 Å². The van der Waals surface area contributed by atoms with Crippen LogP contribution in [-0.4, -0.2) is 55.0 Å². The van der Waals surface area contributed by atoms with Crippen LogP contribution in [0.1, 0.15) is 5.56 Å². The fourth-order valence-corrected chi connectivity index (χ4v) is 2.21.